The van der Waals surface area contributed by atoms with Crippen LogP contribution in [0, 0.1) is 0 Å². The quantitative estimate of drug-likeness (QED) is 0.736. The van der Waals surface area contributed by atoms with Crippen molar-refractivity contribution >= 4 is 32.7 Å². The molecule has 2 heteroatoms. The second-order valence-electron chi connectivity index (χ2n) is 4.65. The minimum absolute atomic E-state index is 1.27. The zero-order valence-electron chi connectivity index (χ0n) is 8.91. The average Bonchev–Trinajstić information content (AvgIpc) is 2.15. The molecule has 2 rings (SSSR count). The topological polar surface area (TPSA) is 12.9 Å². The van der Waals surface area contributed by atoms with Crippen molar-refractivity contribution in [2.24, 2.45) is 0 Å². The summed E-state index contributed by atoms with van der Waals surface area (Å²) >= 11 is -1.95. The number of aromatic nitrogens is 1. The Hall–Kier alpha value is -0.571. The Morgan fingerprint density at radius 3 is 2.57 bits per heavy atom. The van der Waals surface area contributed by atoms with Gasteiger partial charge in [-0.1, -0.05) is 0 Å². The summed E-state index contributed by atoms with van der Waals surface area (Å²) in [4.78, 5) is 11.5. The third-order valence-corrected chi connectivity index (χ3v) is 8.35. The van der Waals surface area contributed by atoms with Gasteiger partial charge in [-0.25, -0.2) is 0 Å². The maximum atomic E-state index is 4.16. The molecule has 72 valence electrons. The SMILES string of the molecule is [CH3][Sn]([CH3])([CH3])[c]1cccc2cnccc12. The molecule has 0 aliphatic heterocycles. The zero-order valence-corrected chi connectivity index (χ0v) is 11.8. The Morgan fingerprint density at radius 1 is 1.07 bits per heavy atom. The fourth-order valence-corrected chi connectivity index (χ4v) is 6.43. The molecule has 1 aromatic heterocycles. The van der Waals surface area contributed by atoms with Crippen molar-refractivity contribution < 1.29 is 0 Å². The van der Waals surface area contributed by atoms with E-state index in [-0.39, 0.29) is 0 Å². The van der Waals surface area contributed by atoms with Gasteiger partial charge in [0.2, 0.25) is 0 Å². The Bertz CT molecular complexity index is 452. The molecule has 0 saturated carbocycles. The second kappa shape index (κ2) is 3.54. The predicted octanol–water partition coefficient (Wildman–Crippen LogP) is 2.78. The number of benzene rings is 1. The van der Waals surface area contributed by atoms with E-state index in [4.69, 9.17) is 0 Å². The molecule has 0 amide bonds. The normalized spacial score (nSPS) is 11.9. The minimum atomic E-state index is -1.95. The fraction of sp³-hybridized carbons (Fsp3) is 0.250. The standard InChI is InChI=1S/C9H6N.3CH3.Sn/c1-2-4-9-7-10-6-5-8(9)3-1;;;;/h1-2,4-7H;3*1H3;. The van der Waals surface area contributed by atoms with Crippen molar-refractivity contribution in [1.82, 2.24) is 4.98 Å². The van der Waals surface area contributed by atoms with Gasteiger partial charge in [-0.15, -0.1) is 0 Å². The number of fused-ring (bicyclic) bond motifs is 1. The van der Waals surface area contributed by atoms with Gasteiger partial charge < -0.3 is 0 Å². The summed E-state index contributed by atoms with van der Waals surface area (Å²) in [7, 11) is 0. The molecule has 0 radical (unpaired) electrons. The van der Waals surface area contributed by atoms with Crippen LogP contribution in [0.4, 0.5) is 0 Å². The van der Waals surface area contributed by atoms with Gasteiger partial charge >= 0.3 is 89.2 Å². The van der Waals surface area contributed by atoms with Gasteiger partial charge in [0.05, 0.1) is 0 Å². The number of hydrogen-bond acceptors (Lipinski definition) is 1. The Morgan fingerprint density at radius 2 is 1.86 bits per heavy atom. The van der Waals surface area contributed by atoms with Crippen molar-refractivity contribution in [3.05, 3.63) is 36.7 Å². The van der Waals surface area contributed by atoms with Crippen molar-refractivity contribution in [3.8, 4) is 0 Å². The van der Waals surface area contributed by atoms with Crippen LogP contribution >= 0.6 is 0 Å². The number of pyridine rings is 1. The molecule has 0 saturated heterocycles. The van der Waals surface area contributed by atoms with Gasteiger partial charge in [0.1, 0.15) is 0 Å². The monoisotopic (exact) mass is 293 g/mol. The summed E-state index contributed by atoms with van der Waals surface area (Å²) in [5.41, 5.74) is 0. The second-order valence-corrected chi connectivity index (χ2v) is 19.0. The van der Waals surface area contributed by atoms with Crippen LogP contribution in [0.3, 0.4) is 0 Å². The zero-order chi connectivity index (χ0) is 10.2. The third-order valence-electron chi connectivity index (χ3n) is 2.49. The molecule has 1 nitrogen and oxygen atoms in total. The van der Waals surface area contributed by atoms with Gasteiger partial charge in [-0.2, -0.15) is 0 Å². The van der Waals surface area contributed by atoms with E-state index in [0.717, 1.165) is 0 Å². The molecule has 0 bridgehead atoms. The summed E-state index contributed by atoms with van der Waals surface area (Å²) < 4.78 is 1.60. The predicted molar refractivity (Wildman–Crippen MR) is 64.7 cm³/mol. The summed E-state index contributed by atoms with van der Waals surface area (Å²) in [5.74, 6) is 0. The van der Waals surface area contributed by atoms with Gasteiger partial charge in [0, 0.05) is 0 Å². The molecule has 0 unspecified atom stereocenters. The van der Waals surface area contributed by atoms with Gasteiger partial charge in [-0.05, 0) is 0 Å². The maximum absolute atomic E-state index is 4.16. The fourth-order valence-electron chi connectivity index (χ4n) is 1.78. The molecule has 0 aliphatic rings. The summed E-state index contributed by atoms with van der Waals surface area (Å²) in [6, 6.07) is 8.73. The molecule has 0 N–H and O–H groups in total. The van der Waals surface area contributed by atoms with Crippen LogP contribution in [0.2, 0.25) is 14.8 Å². The molecule has 1 heterocycles. The van der Waals surface area contributed by atoms with Crippen molar-refractivity contribution in [1.29, 1.82) is 0 Å². The van der Waals surface area contributed by atoms with E-state index < -0.39 is 18.4 Å². The molecule has 0 spiro atoms. The number of rotatable bonds is 1. The first-order valence-corrected chi connectivity index (χ1v) is 14.9. The summed E-state index contributed by atoms with van der Waals surface area (Å²) in [6.07, 6.45) is 3.85. The van der Waals surface area contributed by atoms with E-state index in [9.17, 15) is 0 Å². The van der Waals surface area contributed by atoms with E-state index in [0.29, 0.717) is 0 Å². The van der Waals surface area contributed by atoms with E-state index in [1.165, 1.54) is 10.8 Å². The van der Waals surface area contributed by atoms with Crippen LogP contribution in [0.1, 0.15) is 0 Å². The van der Waals surface area contributed by atoms with Gasteiger partial charge in [0.25, 0.3) is 0 Å². The number of hydrogen-bond donors (Lipinski definition) is 0. The summed E-state index contributed by atoms with van der Waals surface area (Å²) in [6.45, 7) is 0. The van der Waals surface area contributed by atoms with E-state index in [1.807, 2.05) is 12.4 Å². The van der Waals surface area contributed by atoms with Crippen LogP contribution in [-0.2, 0) is 0 Å². The van der Waals surface area contributed by atoms with E-state index in [2.05, 4.69) is 44.1 Å². The molecule has 1 aromatic carbocycles. The van der Waals surface area contributed by atoms with Crippen LogP contribution in [0.15, 0.2) is 36.7 Å². The molecule has 0 fully saturated rings. The Labute approximate surface area is 89.0 Å². The first-order valence-electron chi connectivity index (χ1n) is 4.92. The Kier molecular flexibility index (Phi) is 2.52. The first-order chi connectivity index (χ1) is 6.59. The van der Waals surface area contributed by atoms with Crippen LogP contribution in [0.25, 0.3) is 10.8 Å². The van der Waals surface area contributed by atoms with Crippen molar-refractivity contribution in [2.75, 3.05) is 0 Å². The van der Waals surface area contributed by atoms with Crippen molar-refractivity contribution in [3.63, 3.8) is 0 Å². The average molecular weight is 292 g/mol. The molecule has 2 aromatic rings. The molecule has 0 aliphatic carbocycles. The Balaban J connectivity index is 2.78. The molecular formula is C12H15NSn. The van der Waals surface area contributed by atoms with Gasteiger partial charge in [-0.3, -0.25) is 0 Å². The van der Waals surface area contributed by atoms with Crippen LogP contribution < -0.4 is 3.58 Å². The number of nitrogens with zero attached hydrogens (tertiary/aromatic N) is 1. The molecule has 0 atom stereocenters. The van der Waals surface area contributed by atoms with E-state index >= 15 is 0 Å². The summed E-state index contributed by atoms with van der Waals surface area (Å²) in [5, 5.41) is 2.68. The molecular weight excluding hydrogens is 277 g/mol. The van der Waals surface area contributed by atoms with E-state index in [1.54, 1.807) is 3.58 Å². The van der Waals surface area contributed by atoms with Crippen LogP contribution in [-0.4, -0.2) is 23.4 Å². The third kappa shape index (κ3) is 1.78. The van der Waals surface area contributed by atoms with Crippen LogP contribution in [0.5, 0.6) is 0 Å². The van der Waals surface area contributed by atoms with Gasteiger partial charge in [0.15, 0.2) is 0 Å². The molecule has 14 heavy (non-hydrogen) atoms. The van der Waals surface area contributed by atoms with Crippen molar-refractivity contribution in [2.45, 2.75) is 14.8 Å². The first kappa shape index (κ1) is 9.96.